The zero-order valence-corrected chi connectivity index (χ0v) is 11.7. The summed E-state index contributed by atoms with van der Waals surface area (Å²) in [6, 6.07) is 4.98. The van der Waals surface area contributed by atoms with Crippen molar-refractivity contribution in [2.45, 2.75) is 13.0 Å². The summed E-state index contributed by atoms with van der Waals surface area (Å²) < 4.78 is 1.31. The molecule has 1 aromatic carbocycles. The van der Waals surface area contributed by atoms with Gasteiger partial charge in [-0.2, -0.15) is 0 Å². The first kappa shape index (κ1) is 15.0. The SMILES string of the molecule is O=C(Cn1cnnn1)Nc1ccc(Cl)cc1C#CCCO. The highest BCUT2D eigenvalue weighted by atomic mass is 35.5. The van der Waals surface area contributed by atoms with E-state index in [-0.39, 0.29) is 19.1 Å². The van der Waals surface area contributed by atoms with Gasteiger partial charge in [0.2, 0.25) is 5.91 Å². The molecule has 1 heterocycles. The Morgan fingerprint density at radius 3 is 3.05 bits per heavy atom. The van der Waals surface area contributed by atoms with E-state index in [9.17, 15) is 4.79 Å². The molecule has 2 rings (SSSR count). The number of nitrogens with zero attached hydrogens (tertiary/aromatic N) is 4. The molecule has 7 nitrogen and oxygen atoms in total. The molecule has 0 aliphatic carbocycles. The lowest BCUT2D eigenvalue weighted by Crippen LogP contribution is -2.19. The van der Waals surface area contributed by atoms with E-state index in [1.807, 2.05) is 0 Å². The normalized spacial score (nSPS) is 9.81. The zero-order valence-electron chi connectivity index (χ0n) is 11.0. The largest absolute Gasteiger partial charge is 0.395 e. The lowest BCUT2D eigenvalue weighted by molar-refractivity contribution is -0.116. The van der Waals surface area contributed by atoms with Gasteiger partial charge in [-0.1, -0.05) is 23.4 Å². The molecule has 2 N–H and O–H groups in total. The lowest BCUT2D eigenvalue weighted by Gasteiger charge is -2.07. The number of carbonyl (C=O) groups is 1. The average molecular weight is 306 g/mol. The van der Waals surface area contributed by atoms with E-state index in [4.69, 9.17) is 16.7 Å². The fourth-order valence-corrected chi connectivity index (χ4v) is 1.70. The molecule has 0 aliphatic heterocycles. The van der Waals surface area contributed by atoms with Crippen LogP contribution in [0, 0.1) is 11.8 Å². The highest BCUT2D eigenvalue weighted by Crippen LogP contribution is 2.20. The van der Waals surface area contributed by atoms with Crippen LogP contribution in [0.2, 0.25) is 5.02 Å². The summed E-state index contributed by atoms with van der Waals surface area (Å²) in [5.74, 6) is 5.37. The van der Waals surface area contributed by atoms with E-state index in [0.29, 0.717) is 22.7 Å². The number of carbonyl (C=O) groups excluding carboxylic acids is 1. The summed E-state index contributed by atoms with van der Waals surface area (Å²) >= 11 is 5.92. The minimum Gasteiger partial charge on any atom is -0.395 e. The Labute approximate surface area is 125 Å². The highest BCUT2D eigenvalue weighted by molar-refractivity contribution is 6.30. The summed E-state index contributed by atoms with van der Waals surface area (Å²) in [6.45, 7) is -0.0201. The molecule has 0 saturated heterocycles. The molecule has 108 valence electrons. The van der Waals surface area contributed by atoms with Crippen LogP contribution in [-0.2, 0) is 11.3 Å². The number of rotatable bonds is 4. The molecule has 0 radical (unpaired) electrons. The number of nitrogens with one attached hydrogen (secondary N) is 1. The maximum Gasteiger partial charge on any atom is 0.246 e. The Balaban J connectivity index is 2.12. The summed E-state index contributed by atoms with van der Waals surface area (Å²) in [4.78, 5) is 11.9. The second kappa shape index (κ2) is 7.38. The number of anilines is 1. The molecule has 0 aliphatic rings. The van der Waals surface area contributed by atoms with E-state index < -0.39 is 0 Å². The molecule has 0 spiro atoms. The van der Waals surface area contributed by atoms with E-state index in [1.165, 1.54) is 11.0 Å². The number of benzene rings is 1. The van der Waals surface area contributed by atoms with Crippen molar-refractivity contribution in [1.82, 2.24) is 20.2 Å². The topological polar surface area (TPSA) is 92.9 Å². The summed E-state index contributed by atoms with van der Waals surface area (Å²) in [7, 11) is 0. The monoisotopic (exact) mass is 305 g/mol. The van der Waals surface area contributed by atoms with E-state index in [0.717, 1.165) is 0 Å². The molecule has 1 aromatic heterocycles. The standard InChI is InChI=1S/C13H12ClN5O2/c14-11-4-5-12(10(7-11)3-1-2-6-20)16-13(21)8-19-9-15-17-18-19/h4-5,7,9,20H,2,6,8H2,(H,16,21). The first-order valence-corrected chi connectivity index (χ1v) is 6.47. The van der Waals surface area contributed by atoms with Gasteiger partial charge in [0.05, 0.1) is 12.3 Å². The average Bonchev–Trinajstić information content (AvgIpc) is 2.95. The molecule has 0 atom stereocenters. The Morgan fingerprint density at radius 2 is 2.33 bits per heavy atom. The van der Waals surface area contributed by atoms with Crippen molar-refractivity contribution >= 4 is 23.2 Å². The summed E-state index contributed by atoms with van der Waals surface area (Å²) in [5, 5.41) is 22.5. The second-order valence-corrected chi connectivity index (χ2v) is 4.46. The highest BCUT2D eigenvalue weighted by Gasteiger charge is 2.08. The number of aliphatic hydroxyl groups excluding tert-OH is 1. The second-order valence-electron chi connectivity index (χ2n) is 4.02. The van der Waals surface area contributed by atoms with Gasteiger partial charge in [0.15, 0.2) is 0 Å². The predicted molar refractivity (Wildman–Crippen MR) is 76.5 cm³/mol. The van der Waals surface area contributed by atoms with Crippen molar-refractivity contribution in [3.8, 4) is 11.8 Å². The molecule has 21 heavy (non-hydrogen) atoms. The van der Waals surface area contributed by atoms with Crippen LogP contribution in [0.1, 0.15) is 12.0 Å². The van der Waals surface area contributed by atoms with Crippen molar-refractivity contribution in [2.75, 3.05) is 11.9 Å². The molecule has 0 saturated carbocycles. The molecule has 0 unspecified atom stereocenters. The fraction of sp³-hybridized carbons (Fsp3) is 0.231. The first-order chi connectivity index (χ1) is 10.2. The van der Waals surface area contributed by atoms with Gasteiger partial charge >= 0.3 is 0 Å². The molecule has 8 heteroatoms. The number of hydrogen-bond donors (Lipinski definition) is 2. The molecular formula is C13H12ClN5O2. The van der Waals surface area contributed by atoms with Crippen molar-refractivity contribution in [3.05, 3.63) is 35.1 Å². The van der Waals surface area contributed by atoms with Crippen LogP contribution >= 0.6 is 11.6 Å². The maximum atomic E-state index is 11.9. The number of aromatic nitrogens is 4. The van der Waals surface area contributed by atoms with Crippen molar-refractivity contribution in [1.29, 1.82) is 0 Å². The van der Waals surface area contributed by atoms with Crippen molar-refractivity contribution < 1.29 is 9.90 Å². The van der Waals surface area contributed by atoms with Crippen LogP contribution in [0.3, 0.4) is 0 Å². The van der Waals surface area contributed by atoms with Crippen LogP contribution in [0.4, 0.5) is 5.69 Å². The number of hydrogen-bond acceptors (Lipinski definition) is 5. The van der Waals surface area contributed by atoms with Gasteiger partial charge < -0.3 is 10.4 Å². The maximum absolute atomic E-state index is 11.9. The van der Waals surface area contributed by atoms with Gasteiger partial charge in [0.1, 0.15) is 12.9 Å². The fourth-order valence-electron chi connectivity index (χ4n) is 1.53. The minimum atomic E-state index is -0.283. The van der Waals surface area contributed by atoms with E-state index in [2.05, 4.69) is 32.7 Å². The van der Waals surface area contributed by atoms with Crippen LogP contribution in [-0.4, -0.2) is 37.8 Å². The zero-order chi connectivity index (χ0) is 15.1. The van der Waals surface area contributed by atoms with Gasteiger partial charge in [-0.25, -0.2) is 4.68 Å². The van der Waals surface area contributed by atoms with E-state index >= 15 is 0 Å². The Hall–Kier alpha value is -2.43. The number of aliphatic hydroxyl groups is 1. The van der Waals surface area contributed by atoms with Gasteiger partial charge in [0, 0.05) is 17.0 Å². The minimum absolute atomic E-state index is 0.000858. The smallest absolute Gasteiger partial charge is 0.246 e. The third-order valence-electron chi connectivity index (χ3n) is 2.41. The summed E-state index contributed by atoms with van der Waals surface area (Å²) in [6.07, 6.45) is 1.70. The first-order valence-electron chi connectivity index (χ1n) is 6.09. The summed E-state index contributed by atoms with van der Waals surface area (Å²) in [5.41, 5.74) is 1.13. The molecule has 0 fully saturated rings. The molecular weight excluding hydrogens is 294 g/mol. The van der Waals surface area contributed by atoms with Gasteiger partial charge in [0.25, 0.3) is 0 Å². The Kier molecular flexibility index (Phi) is 5.26. The molecule has 2 aromatic rings. The van der Waals surface area contributed by atoms with E-state index in [1.54, 1.807) is 18.2 Å². The Morgan fingerprint density at radius 1 is 1.48 bits per heavy atom. The van der Waals surface area contributed by atoms with Crippen LogP contribution in [0.5, 0.6) is 0 Å². The van der Waals surface area contributed by atoms with Crippen molar-refractivity contribution in [2.24, 2.45) is 0 Å². The van der Waals surface area contributed by atoms with Gasteiger partial charge in [-0.3, -0.25) is 4.79 Å². The van der Waals surface area contributed by atoms with Gasteiger partial charge in [-0.05, 0) is 28.6 Å². The number of amides is 1. The number of tetrazole rings is 1. The third-order valence-corrected chi connectivity index (χ3v) is 2.65. The third kappa shape index (κ3) is 4.56. The molecule has 0 bridgehead atoms. The van der Waals surface area contributed by atoms with Gasteiger partial charge in [-0.15, -0.1) is 5.10 Å². The Bertz CT molecular complexity index is 676. The predicted octanol–water partition coefficient (Wildman–Crippen LogP) is 0.699. The van der Waals surface area contributed by atoms with Crippen LogP contribution in [0.15, 0.2) is 24.5 Å². The van der Waals surface area contributed by atoms with Crippen LogP contribution in [0.25, 0.3) is 0 Å². The number of halogens is 1. The van der Waals surface area contributed by atoms with Crippen LogP contribution < -0.4 is 5.32 Å². The van der Waals surface area contributed by atoms with Crippen molar-refractivity contribution in [3.63, 3.8) is 0 Å². The molecule has 1 amide bonds. The quantitative estimate of drug-likeness (QED) is 0.811. The lowest BCUT2D eigenvalue weighted by atomic mass is 10.1.